The van der Waals surface area contributed by atoms with Crippen LogP contribution in [-0.4, -0.2) is 9.55 Å². The second-order valence-electron chi connectivity index (χ2n) is 5.58. The number of aromatic nitrogens is 2. The second kappa shape index (κ2) is 5.67. The van der Waals surface area contributed by atoms with Crippen LogP contribution >= 0.6 is 15.9 Å². The fourth-order valence-electron chi connectivity index (χ4n) is 2.93. The predicted octanol–water partition coefficient (Wildman–Crippen LogP) is 5.76. The van der Waals surface area contributed by atoms with Gasteiger partial charge in [-0.15, -0.1) is 0 Å². The first-order valence-corrected chi connectivity index (χ1v) is 8.31. The van der Waals surface area contributed by atoms with Gasteiger partial charge in [-0.25, -0.2) is 0 Å². The van der Waals surface area contributed by atoms with Crippen LogP contribution in [0.15, 0.2) is 77.4 Å². The van der Waals surface area contributed by atoms with E-state index in [1.807, 2.05) is 12.3 Å². The molecule has 23 heavy (non-hydrogen) atoms. The van der Waals surface area contributed by atoms with Crippen molar-refractivity contribution in [2.24, 2.45) is 0 Å². The summed E-state index contributed by atoms with van der Waals surface area (Å²) in [4.78, 5) is 4.40. The van der Waals surface area contributed by atoms with Gasteiger partial charge in [-0.3, -0.25) is 4.98 Å². The molecule has 0 aliphatic carbocycles. The third-order valence-electron chi connectivity index (χ3n) is 4.06. The first-order valence-electron chi connectivity index (χ1n) is 7.52. The fraction of sp³-hybridized carbons (Fsp3) is 0.0500. The summed E-state index contributed by atoms with van der Waals surface area (Å²) in [6.45, 7) is 2.13. The van der Waals surface area contributed by atoms with E-state index in [0.29, 0.717) is 0 Å². The Kier molecular flexibility index (Phi) is 3.50. The first kappa shape index (κ1) is 14.2. The zero-order valence-corrected chi connectivity index (χ0v) is 14.3. The van der Waals surface area contributed by atoms with Crippen molar-refractivity contribution in [3.8, 4) is 16.9 Å². The largest absolute Gasteiger partial charge is 0.314 e. The standard InChI is InChI=1S/C20H15BrN2/c1-14-4-11-20(15-5-7-17(21)8-6-15)23(14)18-9-10-19-16(13-18)3-2-12-22-19/h2-13H,1H3. The highest BCUT2D eigenvalue weighted by atomic mass is 79.9. The van der Waals surface area contributed by atoms with Gasteiger partial charge in [0.25, 0.3) is 0 Å². The summed E-state index contributed by atoms with van der Waals surface area (Å²) in [5, 5.41) is 1.15. The minimum absolute atomic E-state index is 1.02. The Morgan fingerprint density at radius 1 is 0.913 bits per heavy atom. The predicted molar refractivity (Wildman–Crippen MR) is 98.9 cm³/mol. The Labute approximate surface area is 143 Å². The third kappa shape index (κ3) is 2.57. The molecule has 2 heterocycles. The summed E-state index contributed by atoms with van der Waals surface area (Å²) in [6.07, 6.45) is 1.83. The maximum atomic E-state index is 4.40. The van der Waals surface area contributed by atoms with Crippen molar-refractivity contribution in [3.05, 3.63) is 83.1 Å². The number of halogens is 1. The van der Waals surface area contributed by atoms with E-state index in [0.717, 1.165) is 21.1 Å². The van der Waals surface area contributed by atoms with Gasteiger partial charge in [0.1, 0.15) is 0 Å². The average Bonchev–Trinajstić information content (AvgIpc) is 2.97. The van der Waals surface area contributed by atoms with E-state index in [2.05, 4.69) is 93.1 Å². The number of hydrogen-bond acceptors (Lipinski definition) is 1. The Hall–Kier alpha value is -2.39. The quantitative estimate of drug-likeness (QED) is 0.443. The topological polar surface area (TPSA) is 17.8 Å². The Morgan fingerprint density at radius 3 is 2.57 bits per heavy atom. The summed E-state index contributed by atoms with van der Waals surface area (Å²) in [6, 6.07) is 23.2. The zero-order valence-electron chi connectivity index (χ0n) is 12.7. The van der Waals surface area contributed by atoms with Crippen LogP contribution in [0.25, 0.3) is 27.8 Å². The highest BCUT2D eigenvalue weighted by Gasteiger charge is 2.10. The first-order chi connectivity index (χ1) is 11.2. The van der Waals surface area contributed by atoms with E-state index >= 15 is 0 Å². The second-order valence-corrected chi connectivity index (χ2v) is 6.50. The van der Waals surface area contributed by atoms with Crippen molar-refractivity contribution in [3.63, 3.8) is 0 Å². The molecule has 4 aromatic rings. The van der Waals surface area contributed by atoms with E-state index in [9.17, 15) is 0 Å². The molecule has 0 aliphatic heterocycles. The number of hydrogen-bond donors (Lipinski definition) is 0. The van der Waals surface area contributed by atoms with Crippen molar-refractivity contribution in [2.75, 3.05) is 0 Å². The molecular formula is C20H15BrN2. The fourth-order valence-corrected chi connectivity index (χ4v) is 3.19. The van der Waals surface area contributed by atoms with E-state index < -0.39 is 0 Å². The van der Waals surface area contributed by atoms with Crippen molar-refractivity contribution < 1.29 is 0 Å². The molecule has 0 fully saturated rings. The van der Waals surface area contributed by atoms with Gasteiger partial charge in [-0.2, -0.15) is 0 Å². The molecule has 0 N–H and O–H groups in total. The minimum atomic E-state index is 1.02. The average molecular weight is 363 g/mol. The normalized spacial score (nSPS) is 11.0. The van der Waals surface area contributed by atoms with Crippen molar-refractivity contribution in [2.45, 2.75) is 6.92 Å². The Bertz CT molecular complexity index is 984. The molecule has 3 heteroatoms. The van der Waals surface area contributed by atoms with Crippen LogP contribution in [0.1, 0.15) is 5.69 Å². The van der Waals surface area contributed by atoms with Gasteiger partial charge in [-0.1, -0.05) is 34.1 Å². The molecule has 0 atom stereocenters. The molecular weight excluding hydrogens is 348 g/mol. The molecule has 4 rings (SSSR count). The van der Waals surface area contributed by atoms with Crippen molar-refractivity contribution >= 4 is 26.8 Å². The van der Waals surface area contributed by atoms with Gasteiger partial charge in [0.15, 0.2) is 0 Å². The van der Waals surface area contributed by atoms with Crippen LogP contribution in [0.5, 0.6) is 0 Å². The van der Waals surface area contributed by atoms with E-state index in [1.54, 1.807) is 0 Å². The molecule has 0 spiro atoms. The SMILES string of the molecule is Cc1ccc(-c2ccc(Br)cc2)n1-c1ccc2ncccc2c1. The van der Waals surface area contributed by atoms with E-state index in [1.165, 1.54) is 17.0 Å². The van der Waals surface area contributed by atoms with Gasteiger partial charge in [-0.05, 0) is 61.0 Å². The van der Waals surface area contributed by atoms with Gasteiger partial charge >= 0.3 is 0 Å². The molecule has 0 saturated heterocycles. The smallest absolute Gasteiger partial charge is 0.0703 e. The zero-order chi connectivity index (χ0) is 15.8. The number of fused-ring (bicyclic) bond motifs is 1. The van der Waals surface area contributed by atoms with Gasteiger partial charge in [0.2, 0.25) is 0 Å². The van der Waals surface area contributed by atoms with Crippen LogP contribution in [0.4, 0.5) is 0 Å². The van der Waals surface area contributed by atoms with Crippen LogP contribution < -0.4 is 0 Å². The maximum Gasteiger partial charge on any atom is 0.0703 e. The molecule has 112 valence electrons. The number of nitrogens with zero attached hydrogens (tertiary/aromatic N) is 2. The number of rotatable bonds is 2. The lowest BCUT2D eigenvalue weighted by molar-refractivity contribution is 1.02. The molecule has 2 aromatic heterocycles. The lowest BCUT2D eigenvalue weighted by Crippen LogP contribution is -1.99. The van der Waals surface area contributed by atoms with Crippen LogP contribution in [0.3, 0.4) is 0 Å². The Balaban J connectivity index is 1.90. The highest BCUT2D eigenvalue weighted by molar-refractivity contribution is 9.10. The number of pyridine rings is 1. The molecule has 0 aliphatic rings. The summed E-state index contributed by atoms with van der Waals surface area (Å²) < 4.78 is 3.38. The molecule has 2 aromatic carbocycles. The monoisotopic (exact) mass is 362 g/mol. The molecule has 0 radical (unpaired) electrons. The van der Waals surface area contributed by atoms with Crippen LogP contribution in [0, 0.1) is 6.92 Å². The van der Waals surface area contributed by atoms with Crippen molar-refractivity contribution in [1.82, 2.24) is 9.55 Å². The molecule has 0 unspecified atom stereocenters. The highest BCUT2D eigenvalue weighted by Crippen LogP contribution is 2.28. The summed E-state index contributed by atoms with van der Waals surface area (Å²) in [7, 11) is 0. The van der Waals surface area contributed by atoms with Gasteiger partial charge < -0.3 is 4.57 Å². The van der Waals surface area contributed by atoms with Crippen LogP contribution in [-0.2, 0) is 0 Å². The number of benzene rings is 2. The van der Waals surface area contributed by atoms with Gasteiger partial charge in [0, 0.05) is 27.4 Å². The number of aryl methyl sites for hydroxylation is 1. The van der Waals surface area contributed by atoms with Crippen LogP contribution in [0.2, 0.25) is 0 Å². The molecule has 2 nitrogen and oxygen atoms in total. The van der Waals surface area contributed by atoms with Crippen molar-refractivity contribution in [1.29, 1.82) is 0 Å². The van der Waals surface area contributed by atoms with E-state index in [-0.39, 0.29) is 0 Å². The molecule has 0 amide bonds. The third-order valence-corrected chi connectivity index (χ3v) is 4.59. The molecule has 0 bridgehead atoms. The van der Waals surface area contributed by atoms with Gasteiger partial charge in [0.05, 0.1) is 11.2 Å². The summed E-state index contributed by atoms with van der Waals surface area (Å²) in [5.41, 5.74) is 5.79. The van der Waals surface area contributed by atoms with E-state index in [4.69, 9.17) is 0 Å². The summed E-state index contributed by atoms with van der Waals surface area (Å²) in [5.74, 6) is 0. The Morgan fingerprint density at radius 2 is 1.74 bits per heavy atom. The minimum Gasteiger partial charge on any atom is -0.314 e. The lowest BCUT2D eigenvalue weighted by Gasteiger charge is -2.13. The lowest BCUT2D eigenvalue weighted by atomic mass is 10.1. The molecule has 0 saturated carbocycles. The maximum absolute atomic E-state index is 4.40. The summed E-state index contributed by atoms with van der Waals surface area (Å²) >= 11 is 3.50.